The van der Waals surface area contributed by atoms with E-state index in [0.29, 0.717) is 12.3 Å². The average molecular weight is 289 g/mol. The maximum atomic E-state index is 11.6. The molecule has 0 saturated heterocycles. The SMILES string of the molecule is O=C(CNCc1cc(C(=O)O)no1)NCc1ccccc1. The number of hydrogen-bond donors (Lipinski definition) is 3. The summed E-state index contributed by atoms with van der Waals surface area (Å²) in [5.74, 6) is -0.939. The van der Waals surface area contributed by atoms with E-state index in [0.717, 1.165) is 5.56 Å². The van der Waals surface area contributed by atoms with Crippen molar-refractivity contribution in [1.82, 2.24) is 15.8 Å². The van der Waals surface area contributed by atoms with Crippen molar-refractivity contribution in [2.75, 3.05) is 6.54 Å². The summed E-state index contributed by atoms with van der Waals surface area (Å²) in [6.45, 7) is 0.807. The highest BCUT2D eigenvalue weighted by Crippen LogP contribution is 2.02. The van der Waals surface area contributed by atoms with Crippen LogP contribution in [0.4, 0.5) is 0 Å². The second kappa shape index (κ2) is 7.20. The van der Waals surface area contributed by atoms with Crippen molar-refractivity contribution in [1.29, 1.82) is 0 Å². The standard InChI is InChI=1S/C14H15N3O4/c18-13(16-7-10-4-2-1-3-5-10)9-15-8-11-6-12(14(19)20)17-21-11/h1-6,15H,7-9H2,(H,16,18)(H,19,20). The van der Waals surface area contributed by atoms with Gasteiger partial charge in [0.2, 0.25) is 5.91 Å². The predicted molar refractivity (Wildman–Crippen MR) is 73.5 cm³/mol. The highest BCUT2D eigenvalue weighted by molar-refractivity contribution is 5.85. The highest BCUT2D eigenvalue weighted by atomic mass is 16.5. The molecule has 0 unspecified atom stereocenters. The third kappa shape index (κ3) is 4.73. The number of carboxylic acid groups (broad SMARTS) is 1. The summed E-state index contributed by atoms with van der Waals surface area (Å²) in [4.78, 5) is 22.2. The van der Waals surface area contributed by atoms with Crippen molar-refractivity contribution in [2.24, 2.45) is 0 Å². The predicted octanol–water partition coefficient (Wildman–Crippen LogP) is 0.779. The highest BCUT2D eigenvalue weighted by Gasteiger charge is 2.10. The topological polar surface area (TPSA) is 104 Å². The van der Waals surface area contributed by atoms with Gasteiger partial charge in [-0.15, -0.1) is 0 Å². The largest absolute Gasteiger partial charge is 0.476 e. The van der Waals surface area contributed by atoms with Crippen molar-refractivity contribution in [3.05, 3.63) is 53.4 Å². The molecule has 0 aliphatic heterocycles. The fourth-order valence-corrected chi connectivity index (χ4v) is 1.66. The second-order valence-corrected chi connectivity index (χ2v) is 4.35. The molecule has 0 aliphatic carbocycles. The molecular weight excluding hydrogens is 274 g/mol. The number of nitrogens with zero attached hydrogens (tertiary/aromatic N) is 1. The van der Waals surface area contributed by atoms with Crippen LogP contribution in [0.3, 0.4) is 0 Å². The molecule has 0 spiro atoms. The number of aromatic carboxylic acids is 1. The van der Waals surface area contributed by atoms with Gasteiger partial charge in [-0.05, 0) is 5.56 Å². The summed E-state index contributed by atoms with van der Waals surface area (Å²) >= 11 is 0. The molecule has 21 heavy (non-hydrogen) atoms. The number of carboxylic acids is 1. The number of aromatic nitrogens is 1. The quantitative estimate of drug-likeness (QED) is 0.695. The monoisotopic (exact) mass is 289 g/mol. The van der Waals surface area contributed by atoms with E-state index in [9.17, 15) is 9.59 Å². The molecule has 0 radical (unpaired) electrons. The van der Waals surface area contributed by atoms with Gasteiger partial charge in [0.15, 0.2) is 11.5 Å². The first-order valence-corrected chi connectivity index (χ1v) is 6.35. The minimum Gasteiger partial charge on any atom is -0.476 e. The van der Waals surface area contributed by atoms with E-state index in [-0.39, 0.29) is 24.7 Å². The number of hydrogen-bond acceptors (Lipinski definition) is 5. The second-order valence-electron chi connectivity index (χ2n) is 4.35. The van der Waals surface area contributed by atoms with Crippen LogP contribution in [-0.4, -0.2) is 28.7 Å². The average Bonchev–Trinajstić information content (AvgIpc) is 2.95. The molecule has 0 atom stereocenters. The fraction of sp³-hybridized carbons (Fsp3) is 0.214. The number of carbonyl (C=O) groups is 2. The van der Waals surface area contributed by atoms with E-state index in [1.54, 1.807) is 0 Å². The normalized spacial score (nSPS) is 10.3. The molecule has 1 aromatic carbocycles. The minimum absolute atomic E-state index is 0.107. The first-order valence-electron chi connectivity index (χ1n) is 6.35. The Balaban J connectivity index is 1.68. The number of amides is 1. The molecule has 0 aliphatic rings. The molecule has 110 valence electrons. The van der Waals surface area contributed by atoms with Crippen molar-refractivity contribution in [2.45, 2.75) is 13.1 Å². The van der Waals surface area contributed by atoms with Gasteiger partial charge < -0.3 is 20.3 Å². The van der Waals surface area contributed by atoms with Crippen LogP contribution in [0.5, 0.6) is 0 Å². The minimum atomic E-state index is -1.15. The smallest absolute Gasteiger partial charge is 0.358 e. The van der Waals surface area contributed by atoms with Gasteiger partial charge in [-0.25, -0.2) is 4.79 Å². The van der Waals surface area contributed by atoms with Gasteiger partial charge in [0.25, 0.3) is 0 Å². The molecule has 1 amide bonds. The summed E-state index contributed by atoms with van der Waals surface area (Å²) in [5, 5.41) is 17.7. The summed E-state index contributed by atoms with van der Waals surface area (Å²) in [6.07, 6.45) is 0. The lowest BCUT2D eigenvalue weighted by molar-refractivity contribution is -0.120. The van der Waals surface area contributed by atoms with E-state index in [4.69, 9.17) is 9.63 Å². The Morgan fingerprint density at radius 3 is 2.62 bits per heavy atom. The van der Waals surface area contributed by atoms with Gasteiger partial charge in [0.05, 0.1) is 13.1 Å². The van der Waals surface area contributed by atoms with E-state index >= 15 is 0 Å². The van der Waals surface area contributed by atoms with Crippen LogP contribution in [0.15, 0.2) is 40.9 Å². The molecule has 1 aromatic heterocycles. The zero-order valence-electron chi connectivity index (χ0n) is 11.2. The van der Waals surface area contributed by atoms with Crippen LogP contribution in [0.1, 0.15) is 21.8 Å². The van der Waals surface area contributed by atoms with Gasteiger partial charge in [-0.1, -0.05) is 35.5 Å². The summed E-state index contributed by atoms with van der Waals surface area (Å²) in [6, 6.07) is 10.9. The van der Waals surface area contributed by atoms with E-state index in [1.807, 2.05) is 30.3 Å². The van der Waals surface area contributed by atoms with Crippen LogP contribution in [-0.2, 0) is 17.9 Å². The van der Waals surface area contributed by atoms with Crippen molar-refractivity contribution in [3.8, 4) is 0 Å². The number of carbonyl (C=O) groups excluding carboxylic acids is 1. The van der Waals surface area contributed by atoms with E-state index < -0.39 is 5.97 Å². The van der Waals surface area contributed by atoms with Crippen molar-refractivity contribution < 1.29 is 19.2 Å². The lowest BCUT2D eigenvalue weighted by Gasteiger charge is -2.05. The Morgan fingerprint density at radius 1 is 1.19 bits per heavy atom. The zero-order chi connectivity index (χ0) is 15.1. The maximum absolute atomic E-state index is 11.6. The lowest BCUT2D eigenvalue weighted by Crippen LogP contribution is -2.33. The molecule has 2 aromatic rings. The summed E-state index contributed by atoms with van der Waals surface area (Å²) < 4.78 is 4.81. The van der Waals surface area contributed by atoms with Gasteiger partial charge in [0.1, 0.15) is 0 Å². The fourth-order valence-electron chi connectivity index (χ4n) is 1.66. The molecular formula is C14H15N3O4. The van der Waals surface area contributed by atoms with Crippen molar-refractivity contribution >= 4 is 11.9 Å². The van der Waals surface area contributed by atoms with Crippen molar-refractivity contribution in [3.63, 3.8) is 0 Å². The third-order valence-electron chi connectivity index (χ3n) is 2.70. The molecule has 3 N–H and O–H groups in total. The Hall–Kier alpha value is -2.67. The zero-order valence-corrected chi connectivity index (χ0v) is 11.2. The van der Waals surface area contributed by atoms with Crippen LogP contribution in [0.2, 0.25) is 0 Å². The first kappa shape index (κ1) is 14.7. The van der Waals surface area contributed by atoms with Crippen LogP contribution in [0.25, 0.3) is 0 Å². The molecule has 0 saturated carbocycles. The van der Waals surface area contributed by atoms with Crippen LogP contribution < -0.4 is 10.6 Å². The Morgan fingerprint density at radius 2 is 1.95 bits per heavy atom. The third-order valence-corrected chi connectivity index (χ3v) is 2.70. The van der Waals surface area contributed by atoms with Gasteiger partial charge in [0, 0.05) is 12.6 Å². The Bertz CT molecular complexity index is 610. The first-order chi connectivity index (χ1) is 10.1. The van der Waals surface area contributed by atoms with Crippen LogP contribution in [0, 0.1) is 0 Å². The lowest BCUT2D eigenvalue weighted by atomic mass is 10.2. The van der Waals surface area contributed by atoms with E-state index in [1.165, 1.54) is 6.07 Å². The van der Waals surface area contributed by atoms with Gasteiger partial charge in [-0.2, -0.15) is 0 Å². The van der Waals surface area contributed by atoms with E-state index in [2.05, 4.69) is 15.8 Å². The molecule has 7 heteroatoms. The molecule has 1 heterocycles. The Labute approximate surface area is 120 Å². The summed E-state index contributed by atoms with van der Waals surface area (Å²) in [5.41, 5.74) is 0.868. The molecule has 7 nitrogen and oxygen atoms in total. The number of benzene rings is 1. The maximum Gasteiger partial charge on any atom is 0.358 e. The number of rotatable bonds is 7. The molecule has 0 bridgehead atoms. The number of nitrogens with one attached hydrogen (secondary N) is 2. The van der Waals surface area contributed by atoms with Gasteiger partial charge >= 0.3 is 5.97 Å². The summed E-state index contributed by atoms with van der Waals surface area (Å²) in [7, 11) is 0. The molecule has 0 fully saturated rings. The Kier molecular flexibility index (Phi) is 5.05. The molecule has 2 rings (SSSR count). The van der Waals surface area contributed by atoms with Gasteiger partial charge in [-0.3, -0.25) is 4.79 Å². The van der Waals surface area contributed by atoms with Crippen LogP contribution >= 0.6 is 0 Å².